The summed E-state index contributed by atoms with van der Waals surface area (Å²) in [7, 11) is -2.57. The van der Waals surface area contributed by atoms with E-state index in [9.17, 15) is 18.0 Å². The van der Waals surface area contributed by atoms with Crippen molar-refractivity contribution in [3.05, 3.63) is 76.7 Å². The molecular formula is C28H34N2O5S2. The molecule has 0 aliphatic rings. The van der Waals surface area contributed by atoms with Crippen molar-refractivity contribution in [2.24, 2.45) is 17.0 Å². The summed E-state index contributed by atoms with van der Waals surface area (Å²) in [6, 6.07) is 17.2. The lowest BCUT2D eigenvalue weighted by Crippen LogP contribution is -2.48. The molecule has 0 bridgehead atoms. The molecule has 1 amide bonds. The van der Waals surface area contributed by atoms with E-state index in [1.807, 2.05) is 50.2 Å². The van der Waals surface area contributed by atoms with Crippen LogP contribution < -0.4 is 5.14 Å². The van der Waals surface area contributed by atoms with Gasteiger partial charge in [0, 0.05) is 22.5 Å². The molecule has 1 heterocycles. The predicted octanol–water partition coefficient (Wildman–Crippen LogP) is 5.10. The maximum Gasteiger partial charge on any atom is 0.328 e. The minimum absolute atomic E-state index is 0.141. The highest BCUT2D eigenvalue weighted by molar-refractivity contribution is 7.91. The molecule has 2 aromatic carbocycles. The average Bonchev–Trinajstić information content (AvgIpc) is 3.27. The van der Waals surface area contributed by atoms with Crippen molar-refractivity contribution in [1.29, 1.82) is 0 Å². The van der Waals surface area contributed by atoms with Crippen molar-refractivity contribution < 1.29 is 22.7 Å². The van der Waals surface area contributed by atoms with Crippen LogP contribution in [0, 0.1) is 11.8 Å². The van der Waals surface area contributed by atoms with Gasteiger partial charge in [-0.25, -0.2) is 18.4 Å². The van der Waals surface area contributed by atoms with E-state index in [4.69, 9.17) is 9.88 Å². The maximum absolute atomic E-state index is 13.5. The number of amides is 1. The van der Waals surface area contributed by atoms with Gasteiger partial charge in [0.25, 0.3) is 5.91 Å². The molecule has 0 aliphatic carbocycles. The third-order valence-corrected chi connectivity index (χ3v) is 8.56. The standard InChI is InChI=1S/C28H34N2O5S2/c1-18(2)15-23-16-24(28(36-23)37(29,33)34)21-13-11-20(12-14-21)17-30(25(19(3)4)27(32)35-5)26(31)22-9-7-6-8-10-22/h6-14,16,18-19,25H,15,17H2,1-5H3,(H2,29,33,34)/t25-/m0/s1. The van der Waals surface area contributed by atoms with Gasteiger partial charge in [0.1, 0.15) is 10.3 Å². The van der Waals surface area contributed by atoms with Crippen molar-refractivity contribution in [2.75, 3.05) is 7.11 Å². The molecule has 0 saturated carbocycles. The smallest absolute Gasteiger partial charge is 0.328 e. The van der Waals surface area contributed by atoms with Gasteiger partial charge in [0.05, 0.1) is 7.11 Å². The largest absolute Gasteiger partial charge is 0.467 e. The molecule has 3 aromatic rings. The third kappa shape index (κ3) is 7.06. The number of esters is 1. The Morgan fingerprint density at radius 2 is 1.62 bits per heavy atom. The molecule has 198 valence electrons. The molecule has 0 fully saturated rings. The number of ether oxygens (including phenoxy) is 1. The van der Waals surface area contributed by atoms with Crippen LogP contribution in [0.15, 0.2) is 64.9 Å². The van der Waals surface area contributed by atoms with E-state index in [2.05, 4.69) is 13.8 Å². The fourth-order valence-corrected chi connectivity index (χ4v) is 6.64. The van der Waals surface area contributed by atoms with Gasteiger partial charge >= 0.3 is 5.97 Å². The van der Waals surface area contributed by atoms with Gasteiger partial charge in [-0.1, -0.05) is 70.2 Å². The van der Waals surface area contributed by atoms with Gasteiger partial charge in [-0.3, -0.25) is 4.79 Å². The quantitative estimate of drug-likeness (QED) is 0.359. The lowest BCUT2D eigenvalue weighted by Gasteiger charge is -2.32. The molecule has 0 spiro atoms. The van der Waals surface area contributed by atoms with Crippen LogP contribution in [0.2, 0.25) is 0 Å². The Morgan fingerprint density at radius 3 is 2.14 bits per heavy atom. The first-order valence-corrected chi connectivity index (χ1v) is 14.5. The summed E-state index contributed by atoms with van der Waals surface area (Å²) in [5.74, 6) is -0.563. The van der Waals surface area contributed by atoms with Crippen LogP contribution in [-0.2, 0) is 32.5 Å². The molecule has 0 aliphatic heterocycles. The van der Waals surface area contributed by atoms with Crippen molar-refractivity contribution in [2.45, 2.75) is 50.9 Å². The molecule has 0 radical (unpaired) electrons. The highest BCUT2D eigenvalue weighted by atomic mass is 32.2. The summed E-state index contributed by atoms with van der Waals surface area (Å²) in [4.78, 5) is 28.7. The number of thiophene rings is 1. The van der Waals surface area contributed by atoms with Gasteiger partial charge in [0.15, 0.2) is 0 Å². The Kier molecular flexibility index (Phi) is 9.28. The van der Waals surface area contributed by atoms with E-state index >= 15 is 0 Å². The molecule has 1 atom stereocenters. The number of rotatable bonds is 10. The number of carbonyl (C=O) groups is 2. The number of carbonyl (C=O) groups excluding carboxylic acids is 2. The van der Waals surface area contributed by atoms with E-state index in [0.717, 1.165) is 16.9 Å². The predicted molar refractivity (Wildman–Crippen MR) is 147 cm³/mol. The highest BCUT2D eigenvalue weighted by Crippen LogP contribution is 2.36. The highest BCUT2D eigenvalue weighted by Gasteiger charge is 2.34. The summed E-state index contributed by atoms with van der Waals surface area (Å²) in [5, 5.41) is 5.52. The zero-order chi connectivity index (χ0) is 27.3. The van der Waals surface area contributed by atoms with E-state index < -0.39 is 22.0 Å². The first-order valence-electron chi connectivity index (χ1n) is 12.1. The second-order valence-electron chi connectivity index (χ2n) is 9.76. The van der Waals surface area contributed by atoms with E-state index in [-0.39, 0.29) is 22.6 Å². The third-order valence-electron chi connectivity index (χ3n) is 5.93. The summed E-state index contributed by atoms with van der Waals surface area (Å²) >= 11 is 1.20. The van der Waals surface area contributed by atoms with Gasteiger partial charge in [0.2, 0.25) is 10.0 Å². The fraction of sp³-hybridized carbons (Fsp3) is 0.357. The van der Waals surface area contributed by atoms with Gasteiger partial charge in [-0.05, 0) is 47.6 Å². The zero-order valence-corrected chi connectivity index (χ0v) is 23.4. The van der Waals surface area contributed by atoms with Crippen LogP contribution in [0.4, 0.5) is 0 Å². The van der Waals surface area contributed by atoms with Crippen LogP contribution in [0.5, 0.6) is 0 Å². The van der Waals surface area contributed by atoms with Crippen molar-refractivity contribution >= 4 is 33.2 Å². The first kappa shape index (κ1) is 28.6. The zero-order valence-electron chi connectivity index (χ0n) is 21.8. The molecule has 9 heteroatoms. The van der Waals surface area contributed by atoms with Crippen LogP contribution >= 0.6 is 11.3 Å². The molecule has 37 heavy (non-hydrogen) atoms. The fourth-order valence-electron chi connectivity index (χ4n) is 4.25. The Morgan fingerprint density at radius 1 is 1.00 bits per heavy atom. The maximum atomic E-state index is 13.5. The number of hydrogen-bond acceptors (Lipinski definition) is 6. The number of benzene rings is 2. The minimum Gasteiger partial charge on any atom is -0.467 e. The summed E-state index contributed by atoms with van der Waals surface area (Å²) in [5.41, 5.74) is 2.55. The van der Waals surface area contributed by atoms with Crippen molar-refractivity contribution in [1.82, 2.24) is 4.90 Å². The van der Waals surface area contributed by atoms with E-state index in [0.29, 0.717) is 22.6 Å². The molecule has 0 saturated heterocycles. The Hall–Kier alpha value is -3.01. The summed E-state index contributed by atoms with van der Waals surface area (Å²) in [6.07, 6.45) is 0.756. The lowest BCUT2D eigenvalue weighted by atomic mass is 9.99. The van der Waals surface area contributed by atoms with Gasteiger partial charge < -0.3 is 9.64 Å². The number of nitrogens with two attached hydrogens (primary N) is 1. The lowest BCUT2D eigenvalue weighted by molar-refractivity contribution is -0.147. The first-order chi connectivity index (χ1) is 17.4. The monoisotopic (exact) mass is 542 g/mol. The molecule has 0 unspecified atom stereocenters. The Balaban J connectivity index is 1.98. The topological polar surface area (TPSA) is 107 Å². The Bertz CT molecular complexity index is 1330. The van der Waals surface area contributed by atoms with Crippen LogP contribution in [0.25, 0.3) is 11.1 Å². The van der Waals surface area contributed by atoms with Crippen LogP contribution in [0.1, 0.15) is 48.5 Å². The van der Waals surface area contributed by atoms with E-state index in [1.54, 1.807) is 24.3 Å². The summed E-state index contributed by atoms with van der Waals surface area (Å²) in [6.45, 7) is 8.07. The van der Waals surface area contributed by atoms with Crippen molar-refractivity contribution in [3.63, 3.8) is 0 Å². The van der Waals surface area contributed by atoms with Gasteiger partial charge in [-0.2, -0.15) is 0 Å². The minimum atomic E-state index is -3.89. The second-order valence-corrected chi connectivity index (χ2v) is 12.7. The number of sulfonamides is 1. The average molecular weight is 543 g/mol. The van der Waals surface area contributed by atoms with Crippen molar-refractivity contribution in [3.8, 4) is 11.1 Å². The SMILES string of the molecule is COC(=O)[C@H](C(C)C)N(Cc1ccc(-c2cc(CC(C)C)sc2S(N)(=O)=O)cc1)C(=O)c1ccccc1. The molecule has 2 N–H and O–H groups in total. The van der Waals surface area contributed by atoms with Crippen LogP contribution in [-0.4, -0.2) is 38.3 Å². The summed E-state index contributed by atoms with van der Waals surface area (Å²) < 4.78 is 29.7. The number of hydrogen-bond donors (Lipinski definition) is 1. The van der Waals surface area contributed by atoms with Gasteiger partial charge in [-0.15, -0.1) is 11.3 Å². The number of methoxy groups -OCH3 is 1. The number of nitrogens with zero attached hydrogens (tertiary/aromatic N) is 1. The van der Waals surface area contributed by atoms with Crippen LogP contribution in [0.3, 0.4) is 0 Å². The second kappa shape index (κ2) is 12.0. The van der Waals surface area contributed by atoms with E-state index in [1.165, 1.54) is 23.3 Å². The molecular weight excluding hydrogens is 508 g/mol. The molecule has 3 rings (SSSR count). The normalized spacial score (nSPS) is 12.5. The molecule has 1 aromatic heterocycles. The number of primary sulfonamides is 1. The molecule has 7 nitrogen and oxygen atoms in total. The Labute approximate surface area is 223 Å².